The molecule has 0 spiro atoms. The molecular formula is C25H22BrFN4O5. The summed E-state index contributed by atoms with van der Waals surface area (Å²) < 4.78 is 24.7. The van der Waals surface area contributed by atoms with Crippen LogP contribution in [0.15, 0.2) is 70.2 Å². The zero-order chi connectivity index (χ0) is 26.1. The first-order valence-electron chi connectivity index (χ1n) is 10.5. The third-order valence-corrected chi connectivity index (χ3v) is 5.19. The van der Waals surface area contributed by atoms with Gasteiger partial charge in [0.15, 0.2) is 18.1 Å². The fourth-order valence-electron chi connectivity index (χ4n) is 2.92. The third-order valence-electron chi connectivity index (χ3n) is 4.70. The highest BCUT2D eigenvalue weighted by atomic mass is 79.9. The maximum Gasteiger partial charge on any atom is 0.329 e. The Morgan fingerprint density at radius 3 is 2.42 bits per heavy atom. The third kappa shape index (κ3) is 7.64. The van der Waals surface area contributed by atoms with Crippen molar-refractivity contribution in [1.82, 2.24) is 5.43 Å². The Bertz CT molecular complexity index is 1300. The van der Waals surface area contributed by atoms with Crippen molar-refractivity contribution in [3.8, 4) is 11.5 Å². The Morgan fingerprint density at radius 1 is 0.972 bits per heavy atom. The summed E-state index contributed by atoms with van der Waals surface area (Å²) in [6, 6.07) is 15.3. The van der Waals surface area contributed by atoms with Crippen LogP contribution in [0.1, 0.15) is 11.1 Å². The van der Waals surface area contributed by atoms with E-state index in [-0.39, 0.29) is 18.2 Å². The number of aryl methyl sites for hydroxylation is 1. The lowest BCUT2D eigenvalue weighted by Gasteiger charge is -2.12. The summed E-state index contributed by atoms with van der Waals surface area (Å²) in [6.07, 6.45) is 1.30. The molecule has 0 aromatic heterocycles. The number of halogens is 2. The van der Waals surface area contributed by atoms with Crippen LogP contribution in [-0.2, 0) is 14.4 Å². The number of amides is 3. The van der Waals surface area contributed by atoms with Crippen molar-refractivity contribution in [2.45, 2.75) is 6.92 Å². The highest BCUT2D eigenvalue weighted by Crippen LogP contribution is 2.27. The number of nitrogens with one attached hydrogen (secondary N) is 3. The van der Waals surface area contributed by atoms with Crippen molar-refractivity contribution in [3.05, 3.63) is 82.1 Å². The van der Waals surface area contributed by atoms with E-state index in [4.69, 9.17) is 9.47 Å². The largest absolute Gasteiger partial charge is 0.493 e. The number of nitrogens with zero attached hydrogens (tertiary/aromatic N) is 1. The summed E-state index contributed by atoms with van der Waals surface area (Å²) in [7, 11) is 1.44. The van der Waals surface area contributed by atoms with Gasteiger partial charge < -0.3 is 20.1 Å². The zero-order valence-corrected chi connectivity index (χ0v) is 20.9. The number of hydrogen-bond donors (Lipinski definition) is 3. The van der Waals surface area contributed by atoms with Gasteiger partial charge in [-0.2, -0.15) is 5.10 Å². The van der Waals surface area contributed by atoms with Gasteiger partial charge in [-0.1, -0.05) is 15.9 Å². The minimum Gasteiger partial charge on any atom is -0.493 e. The van der Waals surface area contributed by atoms with E-state index in [9.17, 15) is 18.8 Å². The second-order valence-corrected chi connectivity index (χ2v) is 8.28. The number of carbonyl (C=O) groups excluding carboxylic acids is 3. The second kappa shape index (κ2) is 12.5. The minimum absolute atomic E-state index is 0.238. The summed E-state index contributed by atoms with van der Waals surface area (Å²) in [4.78, 5) is 36.1. The van der Waals surface area contributed by atoms with Crippen LogP contribution in [0.25, 0.3) is 0 Å². The number of hydrazone groups is 1. The van der Waals surface area contributed by atoms with Gasteiger partial charge >= 0.3 is 11.8 Å². The molecule has 0 heterocycles. The van der Waals surface area contributed by atoms with Crippen LogP contribution in [0, 0.1) is 12.7 Å². The van der Waals surface area contributed by atoms with E-state index in [1.807, 2.05) is 19.1 Å². The van der Waals surface area contributed by atoms with E-state index in [0.717, 1.165) is 22.2 Å². The number of rotatable bonds is 8. The summed E-state index contributed by atoms with van der Waals surface area (Å²) in [5.41, 5.74) is 4.48. The monoisotopic (exact) mass is 556 g/mol. The first-order chi connectivity index (χ1) is 17.2. The lowest BCUT2D eigenvalue weighted by Crippen LogP contribution is -2.32. The van der Waals surface area contributed by atoms with Gasteiger partial charge in [0.05, 0.1) is 13.3 Å². The predicted molar refractivity (Wildman–Crippen MR) is 137 cm³/mol. The van der Waals surface area contributed by atoms with Crippen molar-refractivity contribution in [2.75, 3.05) is 24.4 Å². The number of benzene rings is 3. The number of hydrogen-bond acceptors (Lipinski definition) is 6. The summed E-state index contributed by atoms with van der Waals surface area (Å²) in [6.45, 7) is 1.64. The second-order valence-electron chi connectivity index (χ2n) is 7.37. The highest BCUT2D eigenvalue weighted by molar-refractivity contribution is 9.10. The molecular weight excluding hydrogens is 535 g/mol. The van der Waals surface area contributed by atoms with Crippen LogP contribution in [0.2, 0.25) is 0 Å². The Kier molecular flexibility index (Phi) is 9.12. The average Bonchev–Trinajstić information content (AvgIpc) is 2.86. The predicted octanol–water partition coefficient (Wildman–Crippen LogP) is 4.01. The lowest BCUT2D eigenvalue weighted by atomic mass is 10.2. The first kappa shape index (κ1) is 26.4. The summed E-state index contributed by atoms with van der Waals surface area (Å²) in [5, 5.41) is 8.86. The molecule has 0 saturated heterocycles. The Balaban J connectivity index is 1.53. The number of methoxy groups -OCH3 is 1. The summed E-state index contributed by atoms with van der Waals surface area (Å²) >= 11 is 3.38. The molecule has 0 bridgehead atoms. The molecule has 186 valence electrons. The van der Waals surface area contributed by atoms with Crippen molar-refractivity contribution < 1.29 is 28.2 Å². The molecule has 0 fully saturated rings. The molecule has 0 radical (unpaired) electrons. The molecule has 3 aromatic rings. The van der Waals surface area contributed by atoms with Crippen LogP contribution in [0.3, 0.4) is 0 Å². The van der Waals surface area contributed by atoms with Gasteiger partial charge in [0.25, 0.3) is 5.91 Å². The molecule has 3 rings (SSSR count). The van der Waals surface area contributed by atoms with Gasteiger partial charge in [-0.15, -0.1) is 0 Å². The fraction of sp³-hybridized carbons (Fsp3) is 0.120. The SMILES string of the molecule is COc1cc(/C=N\NC(=O)C(=O)Nc2ccc(F)cc2)ccc1OCC(=O)Nc1ccc(Br)cc1C. The molecule has 3 N–H and O–H groups in total. The minimum atomic E-state index is -1.01. The molecule has 3 aromatic carbocycles. The standard InChI is InChI=1S/C25H22BrFN4O5/c1-15-11-17(26)4-9-20(15)30-23(32)14-36-21-10-3-16(12-22(21)35-2)13-28-31-25(34)24(33)29-19-7-5-18(27)6-8-19/h3-13H,14H2,1-2H3,(H,29,33)(H,30,32)(H,31,34)/b28-13-. The first-order valence-corrected chi connectivity index (χ1v) is 11.3. The van der Waals surface area contributed by atoms with Gasteiger partial charge in [-0.3, -0.25) is 14.4 Å². The topological polar surface area (TPSA) is 118 Å². The molecule has 0 aliphatic carbocycles. The fourth-order valence-corrected chi connectivity index (χ4v) is 3.39. The van der Waals surface area contributed by atoms with Crippen LogP contribution in [-0.4, -0.2) is 37.7 Å². The number of carbonyl (C=O) groups is 3. The molecule has 36 heavy (non-hydrogen) atoms. The quantitative estimate of drug-likeness (QED) is 0.220. The van der Waals surface area contributed by atoms with Gasteiger partial charge in [0.2, 0.25) is 0 Å². The van der Waals surface area contributed by atoms with Crippen LogP contribution in [0.5, 0.6) is 11.5 Å². The van der Waals surface area contributed by atoms with Crippen LogP contribution >= 0.6 is 15.9 Å². The lowest BCUT2D eigenvalue weighted by molar-refractivity contribution is -0.136. The van der Waals surface area contributed by atoms with Gasteiger partial charge in [-0.25, -0.2) is 9.82 Å². The van der Waals surface area contributed by atoms with Crippen LogP contribution < -0.4 is 25.5 Å². The van der Waals surface area contributed by atoms with E-state index < -0.39 is 17.6 Å². The van der Waals surface area contributed by atoms with Gasteiger partial charge in [0, 0.05) is 15.8 Å². The molecule has 0 unspecified atom stereocenters. The number of ether oxygens (including phenoxy) is 2. The highest BCUT2D eigenvalue weighted by Gasteiger charge is 2.13. The molecule has 0 atom stereocenters. The molecule has 0 saturated carbocycles. The average molecular weight is 557 g/mol. The van der Waals surface area contributed by atoms with E-state index >= 15 is 0 Å². The summed E-state index contributed by atoms with van der Waals surface area (Å²) in [5.74, 6) is -2.10. The van der Waals surface area contributed by atoms with Crippen LogP contribution in [0.4, 0.5) is 15.8 Å². The Hall–Kier alpha value is -4.25. The maximum absolute atomic E-state index is 12.9. The Morgan fingerprint density at radius 2 is 1.72 bits per heavy atom. The van der Waals surface area contributed by atoms with E-state index in [1.165, 1.54) is 25.5 Å². The molecule has 9 nitrogen and oxygen atoms in total. The molecule has 0 aliphatic heterocycles. The molecule has 3 amide bonds. The van der Waals surface area contributed by atoms with Crippen molar-refractivity contribution in [1.29, 1.82) is 0 Å². The van der Waals surface area contributed by atoms with Gasteiger partial charge in [0.1, 0.15) is 5.82 Å². The molecule has 0 aliphatic rings. The van der Waals surface area contributed by atoms with Crippen molar-refractivity contribution >= 4 is 51.2 Å². The maximum atomic E-state index is 12.9. The van der Waals surface area contributed by atoms with Gasteiger partial charge in [-0.05, 0) is 78.7 Å². The molecule has 11 heteroatoms. The normalized spacial score (nSPS) is 10.6. The van der Waals surface area contributed by atoms with E-state index in [1.54, 1.807) is 24.3 Å². The smallest absolute Gasteiger partial charge is 0.329 e. The zero-order valence-electron chi connectivity index (χ0n) is 19.3. The van der Waals surface area contributed by atoms with Crippen molar-refractivity contribution in [3.63, 3.8) is 0 Å². The van der Waals surface area contributed by atoms with E-state index in [2.05, 4.69) is 37.1 Å². The number of anilines is 2. The Labute approximate surface area is 214 Å². The van der Waals surface area contributed by atoms with E-state index in [0.29, 0.717) is 22.7 Å². The van der Waals surface area contributed by atoms with Crippen molar-refractivity contribution in [2.24, 2.45) is 5.10 Å².